The Morgan fingerprint density at radius 2 is 1.41 bits per heavy atom. The van der Waals surface area contributed by atoms with E-state index in [2.05, 4.69) is 96.3 Å². The molecule has 71 heavy (non-hydrogen) atoms. The quantitative estimate of drug-likeness (QED) is 0.0165. The zero-order valence-corrected chi connectivity index (χ0v) is 44.3. The van der Waals surface area contributed by atoms with Crippen molar-refractivity contribution in [3.63, 3.8) is 0 Å². The fraction of sp³-hybridized carbons (Fsp3) is 0.458. The molecule has 0 radical (unpaired) electrons. The number of nitro groups is 1. The number of hydrogen-bond donors (Lipinski definition) is 2. The van der Waals surface area contributed by atoms with Gasteiger partial charge in [0.15, 0.2) is 5.75 Å². The van der Waals surface area contributed by atoms with Crippen molar-refractivity contribution in [2.24, 2.45) is 5.92 Å². The minimum atomic E-state index is -2.59. The predicted molar refractivity (Wildman–Crippen MR) is 284 cm³/mol. The summed E-state index contributed by atoms with van der Waals surface area (Å²) >= 11 is 0. The van der Waals surface area contributed by atoms with Crippen LogP contribution in [0.15, 0.2) is 139 Å². The number of methoxy groups -OCH3 is 1. The zero-order chi connectivity index (χ0) is 51.3. The van der Waals surface area contributed by atoms with E-state index < -0.39 is 48.2 Å². The first-order chi connectivity index (χ1) is 34.0. The van der Waals surface area contributed by atoms with E-state index >= 15 is 0 Å². The van der Waals surface area contributed by atoms with E-state index in [-0.39, 0.29) is 46.6 Å². The third-order valence-corrected chi connectivity index (χ3v) is 20.9. The van der Waals surface area contributed by atoms with E-state index in [0.717, 1.165) is 47.1 Å². The van der Waals surface area contributed by atoms with Crippen LogP contribution >= 0.6 is 0 Å². The number of esters is 1. The molecule has 0 saturated heterocycles. The summed E-state index contributed by atoms with van der Waals surface area (Å²) in [6.45, 7) is 17.8. The predicted octanol–water partition coefficient (Wildman–Crippen LogP) is 13.4. The molecule has 0 spiro atoms. The Balaban J connectivity index is 1.36. The van der Waals surface area contributed by atoms with Gasteiger partial charge in [0.25, 0.3) is 0 Å². The van der Waals surface area contributed by atoms with E-state index in [1.807, 2.05) is 79.7 Å². The van der Waals surface area contributed by atoms with Gasteiger partial charge in [-0.3, -0.25) is 14.9 Å². The summed E-state index contributed by atoms with van der Waals surface area (Å²) < 4.78 is 26.8. The van der Waals surface area contributed by atoms with Crippen LogP contribution in [0.25, 0.3) is 0 Å². The summed E-state index contributed by atoms with van der Waals surface area (Å²) in [6, 6.07) is 33.5. The molecule has 0 bridgehead atoms. The number of hydrogen-bond acceptors (Lipinski definition) is 9. The van der Waals surface area contributed by atoms with Crippen LogP contribution in [0.1, 0.15) is 129 Å². The molecule has 3 atom stereocenters. The van der Waals surface area contributed by atoms with Crippen molar-refractivity contribution >= 4 is 25.9 Å². The Hall–Kier alpha value is -5.82. The SMILES string of the molecule is COc1cc(CCC=C(C)[C@H](O[Si](C(C)C)(C(C)C)C(C)C)[C@@H](C)[C@H](C/C=C/COC(c2ccccc2)(c2ccccc2)c2ccccc2)OC(=O)C2(NC(=O)C3=CCCCC3)CC2)c(O)c([N+](=O)[O-])c1. The number of nitro benzene ring substituents is 1. The average molecular weight is 985 g/mol. The largest absolute Gasteiger partial charge is 0.502 e. The number of nitrogens with one attached hydrogen (secondary N) is 1. The Bertz CT molecular complexity index is 2380. The van der Waals surface area contributed by atoms with Crippen molar-refractivity contribution in [2.75, 3.05) is 13.7 Å². The summed E-state index contributed by atoms with van der Waals surface area (Å²) in [5, 5.41) is 25.9. The number of phenolic OH excluding ortho intramolecular Hbond substituents is 1. The maximum atomic E-state index is 14.6. The number of phenols is 1. The first-order valence-corrected chi connectivity index (χ1v) is 27.7. The molecule has 380 valence electrons. The molecule has 12 heteroatoms. The van der Waals surface area contributed by atoms with Gasteiger partial charge in [-0.05, 0) is 103 Å². The van der Waals surface area contributed by atoms with Crippen LogP contribution in [-0.2, 0) is 35.5 Å². The molecule has 1 saturated carbocycles. The highest BCUT2D eigenvalue weighted by Gasteiger charge is 2.54. The lowest BCUT2D eigenvalue weighted by atomic mass is 9.80. The maximum absolute atomic E-state index is 14.6. The van der Waals surface area contributed by atoms with Gasteiger partial charge in [-0.1, -0.05) is 164 Å². The van der Waals surface area contributed by atoms with E-state index in [0.29, 0.717) is 44.1 Å². The molecule has 2 aliphatic rings. The maximum Gasteiger partial charge on any atom is 0.332 e. The molecular formula is C59H76N2O9Si. The van der Waals surface area contributed by atoms with Gasteiger partial charge in [-0.15, -0.1) is 0 Å². The number of ether oxygens (including phenoxy) is 3. The number of amides is 1. The third-order valence-electron chi connectivity index (χ3n) is 14.8. The first-order valence-electron chi connectivity index (χ1n) is 25.6. The van der Waals surface area contributed by atoms with Gasteiger partial charge in [0.05, 0.1) is 30.8 Å². The fourth-order valence-corrected chi connectivity index (χ4v) is 16.5. The number of nitrogens with zero attached hydrogens (tertiary/aromatic N) is 1. The van der Waals surface area contributed by atoms with Crippen molar-refractivity contribution in [3.05, 3.63) is 171 Å². The normalized spacial score (nSPS) is 16.4. The molecule has 0 aromatic heterocycles. The number of allylic oxidation sites excluding steroid dienone is 2. The molecule has 1 amide bonds. The Kier molecular flexibility index (Phi) is 18.8. The lowest BCUT2D eigenvalue weighted by Gasteiger charge is -2.47. The van der Waals surface area contributed by atoms with E-state index in [4.69, 9.17) is 18.6 Å². The highest BCUT2D eigenvalue weighted by atomic mass is 28.4. The molecule has 1 fully saturated rings. The Morgan fingerprint density at radius 1 is 0.845 bits per heavy atom. The first kappa shape index (κ1) is 54.5. The highest BCUT2D eigenvalue weighted by Crippen LogP contribution is 2.46. The summed E-state index contributed by atoms with van der Waals surface area (Å²) in [5.74, 6) is -1.12. The third kappa shape index (κ3) is 12.6. The Labute approximate surface area is 423 Å². The molecule has 0 unspecified atom stereocenters. The van der Waals surface area contributed by atoms with Crippen LogP contribution < -0.4 is 10.1 Å². The van der Waals surface area contributed by atoms with Crippen LogP contribution in [0.2, 0.25) is 16.6 Å². The van der Waals surface area contributed by atoms with Crippen LogP contribution in [0.4, 0.5) is 5.69 Å². The number of rotatable bonds is 25. The topological polar surface area (TPSA) is 146 Å². The van der Waals surface area contributed by atoms with Gasteiger partial charge in [0, 0.05) is 23.5 Å². The average Bonchev–Trinajstić information content (AvgIpc) is 4.16. The zero-order valence-electron chi connectivity index (χ0n) is 43.3. The number of aromatic hydroxyl groups is 1. The molecule has 2 N–H and O–H groups in total. The van der Waals surface area contributed by atoms with Gasteiger partial charge in [0.2, 0.25) is 14.2 Å². The number of carbonyl (C=O) groups is 2. The molecule has 6 rings (SSSR count). The van der Waals surface area contributed by atoms with Crippen molar-refractivity contribution < 1.29 is 38.3 Å². The van der Waals surface area contributed by atoms with Crippen LogP contribution in [0.5, 0.6) is 11.5 Å². The number of aryl methyl sites for hydroxylation is 1. The lowest BCUT2D eigenvalue weighted by Crippen LogP contribution is -2.53. The van der Waals surface area contributed by atoms with Gasteiger partial charge in [-0.2, -0.15) is 0 Å². The van der Waals surface area contributed by atoms with Gasteiger partial charge in [-0.25, -0.2) is 4.79 Å². The van der Waals surface area contributed by atoms with Crippen LogP contribution in [-0.4, -0.2) is 61.7 Å². The van der Waals surface area contributed by atoms with Crippen molar-refractivity contribution in [1.82, 2.24) is 5.32 Å². The van der Waals surface area contributed by atoms with Gasteiger partial charge < -0.3 is 29.1 Å². The van der Waals surface area contributed by atoms with Gasteiger partial charge >= 0.3 is 11.7 Å². The second-order valence-electron chi connectivity index (χ2n) is 20.4. The second-order valence-corrected chi connectivity index (χ2v) is 25.8. The molecular weight excluding hydrogens is 909 g/mol. The summed E-state index contributed by atoms with van der Waals surface area (Å²) in [7, 11) is -1.15. The summed E-state index contributed by atoms with van der Waals surface area (Å²) in [5.41, 5.74) is 3.32. The molecule has 4 aromatic carbocycles. The van der Waals surface area contributed by atoms with Crippen LogP contribution in [0.3, 0.4) is 0 Å². The smallest absolute Gasteiger partial charge is 0.332 e. The van der Waals surface area contributed by atoms with Crippen molar-refractivity contribution in [2.45, 2.75) is 153 Å². The van der Waals surface area contributed by atoms with Crippen molar-refractivity contribution in [3.8, 4) is 11.5 Å². The molecule has 11 nitrogen and oxygen atoms in total. The fourth-order valence-electron chi connectivity index (χ4n) is 10.8. The molecule has 0 aliphatic heterocycles. The monoisotopic (exact) mass is 985 g/mol. The van der Waals surface area contributed by atoms with E-state index in [1.165, 1.54) is 13.2 Å². The molecule has 4 aromatic rings. The summed E-state index contributed by atoms with van der Waals surface area (Å²) in [6.07, 6.45) is 12.5. The lowest BCUT2D eigenvalue weighted by molar-refractivity contribution is -0.386. The Morgan fingerprint density at radius 3 is 1.89 bits per heavy atom. The number of carbonyl (C=O) groups excluding carboxylic acids is 2. The van der Waals surface area contributed by atoms with Crippen molar-refractivity contribution in [1.29, 1.82) is 0 Å². The van der Waals surface area contributed by atoms with E-state index in [1.54, 1.807) is 6.07 Å². The second kappa shape index (κ2) is 24.5. The molecule has 2 aliphatic carbocycles. The van der Waals surface area contributed by atoms with E-state index in [9.17, 15) is 24.8 Å². The van der Waals surface area contributed by atoms with Gasteiger partial charge in [0.1, 0.15) is 23.0 Å². The number of benzene rings is 4. The summed E-state index contributed by atoms with van der Waals surface area (Å²) in [4.78, 5) is 39.4. The highest BCUT2D eigenvalue weighted by molar-refractivity contribution is 6.77. The molecule has 0 heterocycles. The standard InChI is InChI=1S/C59H76N2O9Si/c1-41(2)71(42(3)4,43(5)6)70-55(44(7)25-24-28-47-39-51(67-9)40-52(54(47)62)61(65)66)45(8)53(69-57(64)58(36-37-58)60-56(63)46-26-14-10-15-27-46)35-22-23-38-68-59(48-29-16-11-17-30-48,49-31-18-12-19-32-49)50-33-20-13-21-34-50/h11-13,16-23,25-26,29-34,39-43,45,53,55,62H,10,14-15,24,27-28,35-38H2,1-9H3,(H,60,63)/b23-22+,44-25?/t45-,53-,55-/m0/s1. The minimum absolute atomic E-state index is 0.200. The minimum Gasteiger partial charge on any atom is -0.502 e. The van der Waals surface area contributed by atoms with Crippen LogP contribution in [0, 0.1) is 16.0 Å².